The zero-order valence-electron chi connectivity index (χ0n) is 20.6. The van der Waals surface area contributed by atoms with Gasteiger partial charge in [0.05, 0.1) is 31.8 Å². The Balaban J connectivity index is 1.26. The third-order valence-electron chi connectivity index (χ3n) is 8.35. The first-order valence-electron chi connectivity index (χ1n) is 13.4. The second-order valence-electron chi connectivity index (χ2n) is 10.7. The van der Waals surface area contributed by atoms with Crippen molar-refractivity contribution < 1.29 is 9.47 Å². The van der Waals surface area contributed by atoms with E-state index < -0.39 is 0 Å². The standard InChI is InChI=1S/C26H39N5O2S/c1-18-5-8-30(9-6-18)16-23-28-25(24-20-3-2-4-22(20)34-26(24)29-23)27-15-21(19-7-12-33-17-19)31-10-13-32-14-11-31/h18-19,21H,2-17H2,1H3,(H,27,28,29)/t19-,21+/m1/s1. The Morgan fingerprint density at radius 3 is 2.68 bits per heavy atom. The molecule has 0 radical (unpaired) electrons. The number of hydrogen-bond acceptors (Lipinski definition) is 8. The highest BCUT2D eigenvalue weighted by molar-refractivity contribution is 7.19. The van der Waals surface area contributed by atoms with Crippen molar-refractivity contribution >= 4 is 27.4 Å². The molecular weight excluding hydrogens is 446 g/mol. The van der Waals surface area contributed by atoms with E-state index in [1.54, 1.807) is 0 Å². The highest BCUT2D eigenvalue weighted by atomic mass is 32.1. The number of nitrogens with one attached hydrogen (secondary N) is 1. The molecule has 3 fully saturated rings. The SMILES string of the molecule is CC1CCN(Cc2nc(NC[C@@H]([C@@H]3CCOC3)N3CCOCC3)c3c4c(sc3n2)CCC4)CC1. The summed E-state index contributed by atoms with van der Waals surface area (Å²) in [5, 5.41) is 5.16. The number of rotatable bonds is 7. The number of thiophene rings is 1. The summed E-state index contributed by atoms with van der Waals surface area (Å²) in [6.45, 7) is 11.9. The first-order valence-corrected chi connectivity index (χ1v) is 14.2. The largest absolute Gasteiger partial charge is 0.381 e. The van der Waals surface area contributed by atoms with Gasteiger partial charge in [-0.1, -0.05) is 6.92 Å². The van der Waals surface area contributed by atoms with E-state index in [1.165, 1.54) is 52.8 Å². The normalized spacial score (nSPS) is 25.7. The Morgan fingerprint density at radius 1 is 1.03 bits per heavy atom. The molecular formula is C26H39N5O2S. The van der Waals surface area contributed by atoms with Crippen molar-refractivity contribution in [2.45, 2.75) is 58.0 Å². The zero-order valence-corrected chi connectivity index (χ0v) is 21.4. The molecule has 0 saturated carbocycles. The average Bonchev–Trinajstić information content (AvgIpc) is 3.60. The lowest BCUT2D eigenvalue weighted by atomic mass is 9.96. The fourth-order valence-corrected chi connectivity index (χ4v) is 7.50. The van der Waals surface area contributed by atoms with Gasteiger partial charge in [-0.25, -0.2) is 9.97 Å². The maximum Gasteiger partial charge on any atom is 0.146 e. The number of ether oxygens (including phenoxy) is 2. The third-order valence-corrected chi connectivity index (χ3v) is 9.54. The monoisotopic (exact) mass is 485 g/mol. The van der Waals surface area contributed by atoms with Gasteiger partial charge in [0.15, 0.2) is 0 Å². The number of aryl methyl sites for hydroxylation is 2. The summed E-state index contributed by atoms with van der Waals surface area (Å²) in [5.74, 6) is 3.47. The zero-order chi connectivity index (χ0) is 22.9. The van der Waals surface area contributed by atoms with E-state index in [1.807, 2.05) is 11.3 Å². The van der Waals surface area contributed by atoms with Crippen LogP contribution in [0.5, 0.6) is 0 Å². The molecule has 2 atom stereocenters. The number of anilines is 1. The molecule has 8 heteroatoms. The van der Waals surface area contributed by atoms with Crippen LogP contribution in [0, 0.1) is 11.8 Å². The van der Waals surface area contributed by atoms with Gasteiger partial charge in [-0.05, 0) is 63.1 Å². The van der Waals surface area contributed by atoms with E-state index in [2.05, 4.69) is 22.0 Å². The van der Waals surface area contributed by atoms with E-state index in [9.17, 15) is 0 Å². The molecule has 3 aliphatic heterocycles. The summed E-state index contributed by atoms with van der Waals surface area (Å²) in [6.07, 6.45) is 7.34. The minimum atomic E-state index is 0.454. The highest BCUT2D eigenvalue weighted by Gasteiger charge is 2.32. The second kappa shape index (κ2) is 10.3. The number of piperidine rings is 1. The molecule has 0 unspecified atom stereocenters. The summed E-state index contributed by atoms with van der Waals surface area (Å²) >= 11 is 1.91. The minimum Gasteiger partial charge on any atom is -0.381 e. The van der Waals surface area contributed by atoms with Gasteiger partial charge < -0.3 is 14.8 Å². The van der Waals surface area contributed by atoms with Crippen LogP contribution >= 0.6 is 11.3 Å². The highest BCUT2D eigenvalue weighted by Crippen LogP contribution is 2.40. The van der Waals surface area contributed by atoms with Crippen molar-refractivity contribution in [3.05, 3.63) is 16.3 Å². The van der Waals surface area contributed by atoms with Crippen LogP contribution in [-0.2, 0) is 28.9 Å². The van der Waals surface area contributed by atoms with Crippen molar-refractivity contribution in [2.24, 2.45) is 11.8 Å². The quantitative estimate of drug-likeness (QED) is 0.643. The Labute approximate surface area is 207 Å². The Bertz CT molecular complexity index is 977. The van der Waals surface area contributed by atoms with Gasteiger partial charge in [0, 0.05) is 43.1 Å². The van der Waals surface area contributed by atoms with Crippen molar-refractivity contribution in [3.8, 4) is 0 Å². The van der Waals surface area contributed by atoms with Crippen LogP contribution < -0.4 is 5.32 Å². The molecule has 3 saturated heterocycles. The van der Waals surface area contributed by atoms with Gasteiger partial charge in [0.1, 0.15) is 16.5 Å². The fraction of sp³-hybridized carbons (Fsp3) is 0.769. The molecule has 6 rings (SSSR count). The van der Waals surface area contributed by atoms with Crippen LogP contribution in [0.4, 0.5) is 5.82 Å². The predicted molar refractivity (Wildman–Crippen MR) is 137 cm³/mol. The number of fused-ring (bicyclic) bond motifs is 3. The summed E-state index contributed by atoms with van der Waals surface area (Å²) in [4.78, 5) is 18.1. The van der Waals surface area contributed by atoms with Gasteiger partial charge in [-0.15, -0.1) is 11.3 Å². The molecule has 1 N–H and O–H groups in total. The van der Waals surface area contributed by atoms with Crippen molar-refractivity contribution in [3.63, 3.8) is 0 Å². The number of hydrogen-bond donors (Lipinski definition) is 1. The number of aromatic nitrogens is 2. The third kappa shape index (κ3) is 4.85. The topological polar surface area (TPSA) is 62.8 Å². The van der Waals surface area contributed by atoms with E-state index in [0.29, 0.717) is 12.0 Å². The maximum absolute atomic E-state index is 5.80. The Kier molecular flexibility index (Phi) is 7.03. The summed E-state index contributed by atoms with van der Waals surface area (Å²) < 4.78 is 11.4. The first kappa shape index (κ1) is 23.1. The molecule has 0 bridgehead atoms. The lowest BCUT2D eigenvalue weighted by molar-refractivity contribution is 0.00460. The fourth-order valence-electron chi connectivity index (χ4n) is 6.22. The van der Waals surface area contributed by atoms with E-state index in [-0.39, 0.29) is 0 Å². The molecule has 186 valence electrons. The Morgan fingerprint density at radius 2 is 1.88 bits per heavy atom. The second-order valence-corrected chi connectivity index (χ2v) is 11.8. The van der Waals surface area contributed by atoms with Crippen molar-refractivity contribution in [1.29, 1.82) is 0 Å². The first-order chi connectivity index (χ1) is 16.7. The van der Waals surface area contributed by atoms with Crippen LogP contribution in [0.1, 0.15) is 48.9 Å². The molecule has 4 aliphatic rings. The molecule has 1 aliphatic carbocycles. The van der Waals surface area contributed by atoms with Crippen LogP contribution in [0.25, 0.3) is 10.2 Å². The smallest absolute Gasteiger partial charge is 0.146 e. The Hall–Kier alpha value is -1.32. The van der Waals surface area contributed by atoms with Gasteiger partial charge >= 0.3 is 0 Å². The van der Waals surface area contributed by atoms with Crippen LogP contribution in [0.2, 0.25) is 0 Å². The molecule has 7 nitrogen and oxygen atoms in total. The molecule has 0 aromatic carbocycles. The molecule has 34 heavy (non-hydrogen) atoms. The van der Waals surface area contributed by atoms with Crippen LogP contribution in [-0.4, -0.2) is 85.0 Å². The predicted octanol–water partition coefficient (Wildman–Crippen LogP) is 3.56. The molecule has 2 aromatic rings. The van der Waals surface area contributed by atoms with Gasteiger partial charge in [-0.2, -0.15) is 0 Å². The summed E-state index contributed by atoms with van der Waals surface area (Å²) in [7, 11) is 0. The van der Waals surface area contributed by atoms with Gasteiger partial charge in [0.25, 0.3) is 0 Å². The van der Waals surface area contributed by atoms with E-state index in [4.69, 9.17) is 19.4 Å². The molecule has 0 spiro atoms. The number of likely N-dealkylation sites (tertiary alicyclic amines) is 1. The lowest BCUT2D eigenvalue weighted by Crippen LogP contribution is -2.50. The lowest BCUT2D eigenvalue weighted by Gasteiger charge is -2.37. The van der Waals surface area contributed by atoms with Crippen molar-refractivity contribution in [2.75, 3.05) is 64.5 Å². The average molecular weight is 486 g/mol. The van der Waals surface area contributed by atoms with Crippen molar-refractivity contribution in [1.82, 2.24) is 19.8 Å². The molecule has 5 heterocycles. The van der Waals surface area contributed by atoms with Gasteiger partial charge in [-0.3, -0.25) is 9.80 Å². The van der Waals surface area contributed by atoms with Crippen LogP contribution in [0.15, 0.2) is 0 Å². The van der Waals surface area contributed by atoms with Crippen LogP contribution in [0.3, 0.4) is 0 Å². The minimum absolute atomic E-state index is 0.454. The molecule has 2 aromatic heterocycles. The summed E-state index contributed by atoms with van der Waals surface area (Å²) in [6, 6.07) is 0.454. The van der Waals surface area contributed by atoms with E-state index >= 15 is 0 Å². The van der Waals surface area contributed by atoms with E-state index in [0.717, 1.165) is 89.7 Å². The number of morpholine rings is 1. The maximum atomic E-state index is 5.80. The summed E-state index contributed by atoms with van der Waals surface area (Å²) in [5.41, 5.74) is 1.51. The van der Waals surface area contributed by atoms with Gasteiger partial charge in [0.2, 0.25) is 0 Å². The molecule has 0 amide bonds. The number of nitrogens with zero attached hydrogens (tertiary/aromatic N) is 4.